The Balaban J connectivity index is 1.85. The summed E-state index contributed by atoms with van der Waals surface area (Å²) >= 11 is 0. The van der Waals surface area contributed by atoms with Crippen LogP contribution in [0.5, 0.6) is 5.75 Å². The van der Waals surface area contributed by atoms with Gasteiger partial charge in [0, 0.05) is 43.4 Å². The van der Waals surface area contributed by atoms with Crippen molar-refractivity contribution in [3.8, 4) is 5.75 Å². The van der Waals surface area contributed by atoms with Crippen molar-refractivity contribution in [2.45, 2.75) is 50.8 Å². The van der Waals surface area contributed by atoms with E-state index >= 15 is 0 Å². The maximum atomic E-state index is 14.0. The summed E-state index contributed by atoms with van der Waals surface area (Å²) in [5.74, 6) is -7.15. The number of alkyl carbamates (subject to hydrolysis) is 1. The van der Waals surface area contributed by atoms with E-state index in [0.29, 0.717) is 17.7 Å². The summed E-state index contributed by atoms with van der Waals surface area (Å²) in [4.78, 5) is 54.8. The Hall–Kier alpha value is -4.10. The number of likely N-dealkylation sites (N-methyl/N-ethyl adjacent to an activating group) is 1. The lowest BCUT2D eigenvalue weighted by Gasteiger charge is -2.50. The SMILES string of the molecule is CCCCOC(=O)NCc1cc(N(C)C)c2c(c1O)C(O)=C1C(=O)[C@]3(O)C(O)=C(C(N)=O)C(=O)C(N(C)C)[C@@H]3C[C@@H]1C2. The number of primary amides is 1. The van der Waals surface area contributed by atoms with E-state index in [-0.39, 0.29) is 48.4 Å². The minimum atomic E-state index is -2.72. The number of hydrogen-bond acceptors (Lipinski definition) is 11. The second kappa shape index (κ2) is 11.3. The summed E-state index contributed by atoms with van der Waals surface area (Å²) in [5, 5.41) is 48.1. The molecule has 0 aliphatic heterocycles. The maximum absolute atomic E-state index is 14.0. The Morgan fingerprint density at radius 3 is 2.40 bits per heavy atom. The first-order valence-corrected chi connectivity index (χ1v) is 13.8. The zero-order valence-corrected chi connectivity index (χ0v) is 24.4. The number of unbranched alkanes of at least 4 members (excludes halogenated alkanes) is 1. The number of nitrogens with two attached hydrogens (primary N) is 1. The number of benzene rings is 1. The normalized spacial score (nSPS) is 25.2. The van der Waals surface area contributed by atoms with Crippen LogP contribution in [0.3, 0.4) is 0 Å². The van der Waals surface area contributed by atoms with Crippen LogP contribution in [0.2, 0.25) is 0 Å². The van der Waals surface area contributed by atoms with E-state index in [2.05, 4.69) is 5.32 Å². The van der Waals surface area contributed by atoms with Crippen molar-refractivity contribution >= 4 is 35.0 Å². The largest absolute Gasteiger partial charge is 0.508 e. The van der Waals surface area contributed by atoms with E-state index in [1.165, 1.54) is 4.90 Å². The Labute approximate surface area is 243 Å². The molecular weight excluding hydrogens is 548 g/mol. The first kappa shape index (κ1) is 30.8. The van der Waals surface area contributed by atoms with Gasteiger partial charge < -0.3 is 41.1 Å². The highest BCUT2D eigenvalue weighted by molar-refractivity contribution is 6.24. The van der Waals surface area contributed by atoms with Gasteiger partial charge in [0.1, 0.15) is 22.8 Å². The molecular formula is C29H38N4O9. The lowest BCUT2D eigenvalue weighted by Crippen LogP contribution is -2.65. The van der Waals surface area contributed by atoms with E-state index in [9.17, 15) is 39.6 Å². The van der Waals surface area contributed by atoms with Crippen molar-refractivity contribution in [2.24, 2.45) is 17.6 Å². The summed E-state index contributed by atoms with van der Waals surface area (Å²) in [5.41, 5.74) is 2.87. The van der Waals surface area contributed by atoms with Gasteiger partial charge in [0.05, 0.1) is 18.2 Å². The summed E-state index contributed by atoms with van der Waals surface area (Å²) in [6.07, 6.45) is 1.01. The molecule has 3 aliphatic carbocycles. The van der Waals surface area contributed by atoms with E-state index in [4.69, 9.17) is 10.5 Å². The number of amides is 2. The standard InChI is InChI=1S/C29H38N4O9/c1-6-7-8-42-28(40)31-12-14-11-17(32(2)3)15-9-13-10-16-21(33(4)5)24(36)20(27(30)39)26(38)29(16,41)25(37)18(13)23(35)19(15)22(14)34/h11,13,16,21,34-35,38,41H,6-10,12H2,1-5H3,(H2,30,39)(H,31,40)/t13-,16-,21?,29-/m0/s1. The number of aliphatic hydroxyl groups is 3. The molecule has 1 aromatic rings. The van der Waals surface area contributed by atoms with Crippen molar-refractivity contribution in [2.75, 3.05) is 39.7 Å². The molecule has 3 aliphatic rings. The molecule has 0 spiro atoms. The minimum Gasteiger partial charge on any atom is -0.508 e. The third-order valence-corrected chi connectivity index (χ3v) is 8.41. The van der Waals surface area contributed by atoms with Gasteiger partial charge in [-0.25, -0.2) is 4.79 Å². The van der Waals surface area contributed by atoms with Gasteiger partial charge in [-0.15, -0.1) is 0 Å². The number of anilines is 1. The molecule has 13 heteroatoms. The molecule has 4 atom stereocenters. The monoisotopic (exact) mass is 586 g/mol. The molecule has 13 nitrogen and oxygen atoms in total. The zero-order valence-electron chi connectivity index (χ0n) is 24.4. The number of nitrogens with one attached hydrogen (secondary N) is 1. The van der Waals surface area contributed by atoms with Crippen molar-refractivity contribution in [3.63, 3.8) is 0 Å². The van der Waals surface area contributed by atoms with Crippen LogP contribution < -0.4 is 16.0 Å². The molecule has 228 valence electrons. The predicted molar refractivity (Wildman–Crippen MR) is 152 cm³/mol. The van der Waals surface area contributed by atoms with Gasteiger partial charge in [-0.2, -0.15) is 0 Å². The van der Waals surface area contributed by atoms with Gasteiger partial charge in [-0.1, -0.05) is 13.3 Å². The molecule has 42 heavy (non-hydrogen) atoms. The average Bonchev–Trinajstić information content (AvgIpc) is 2.89. The molecule has 2 amide bonds. The first-order valence-electron chi connectivity index (χ1n) is 13.8. The third kappa shape index (κ3) is 4.75. The molecule has 0 heterocycles. The highest BCUT2D eigenvalue weighted by atomic mass is 16.5. The molecule has 4 rings (SSSR count). The molecule has 0 bridgehead atoms. The summed E-state index contributed by atoms with van der Waals surface area (Å²) in [7, 11) is 6.62. The van der Waals surface area contributed by atoms with Gasteiger partial charge in [-0.05, 0) is 50.9 Å². The number of nitrogens with zero attached hydrogens (tertiary/aromatic N) is 2. The van der Waals surface area contributed by atoms with Crippen LogP contribution in [0, 0.1) is 11.8 Å². The zero-order chi connectivity index (χ0) is 31.3. The molecule has 1 fully saturated rings. The van der Waals surface area contributed by atoms with Crippen LogP contribution in [-0.4, -0.2) is 95.3 Å². The van der Waals surface area contributed by atoms with Crippen molar-refractivity contribution < 1.29 is 44.3 Å². The lowest BCUT2D eigenvalue weighted by atomic mass is 9.57. The molecule has 0 aromatic heterocycles. The van der Waals surface area contributed by atoms with Gasteiger partial charge in [0.2, 0.25) is 5.78 Å². The van der Waals surface area contributed by atoms with Crippen molar-refractivity contribution in [1.82, 2.24) is 10.2 Å². The van der Waals surface area contributed by atoms with Crippen LogP contribution in [0.15, 0.2) is 23.0 Å². The first-order chi connectivity index (χ1) is 19.7. The predicted octanol–water partition coefficient (Wildman–Crippen LogP) is 1.06. The van der Waals surface area contributed by atoms with E-state index < -0.39 is 64.1 Å². The van der Waals surface area contributed by atoms with Crippen molar-refractivity contribution in [3.05, 3.63) is 39.7 Å². The smallest absolute Gasteiger partial charge is 0.407 e. The average molecular weight is 587 g/mol. The molecule has 1 aromatic carbocycles. The molecule has 1 unspecified atom stereocenters. The van der Waals surface area contributed by atoms with Crippen LogP contribution in [0.25, 0.3) is 5.76 Å². The summed E-state index contributed by atoms with van der Waals surface area (Å²) in [6.45, 7) is 2.05. The lowest BCUT2D eigenvalue weighted by molar-refractivity contribution is -0.153. The van der Waals surface area contributed by atoms with E-state index in [1.807, 2.05) is 6.92 Å². The number of carbonyl (C=O) groups is 4. The third-order valence-electron chi connectivity index (χ3n) is 8.41. The molecule has 0 saturated heterocycles. The maximum Gasteiger partial charge on any atom is 0.407 e. The number of fused-ring (bicyclic) bond motifs is 3. The fourth-order valence-corrected chi connectivity index (χ4v) is 6.41. The van der Waals surface area contributed by atoms with Crippen LogP contribution >= 0.6 is 0 Å². The number of carbonyl (C=O) groups excluding carboxylic acids is 4. The topological polar surface area (TPSA) is 203 Å². The molecule has 0 radical (unpaired) electrons. The van der Waals surface area contributed by atoms with E-state index in [1.54, 1.807) is 39.2 Å². The number of ether oxygens (including phenoxy) is 1. The van der Waals surface area contributed by atoms with Crippen LogP contribution in [-0.2, 0) is 32.1 Å². The molecule has 1 saturated carbocycles. The number of phenols is 1. The number of rotatable bonds is 8. The number of phenolic OH excluding ortho intramolecular Hbond substituents is 1. The summed E-state index contributed by atoms with van der Waals surface area (Å²) in [6, 6.07) is 0.509. The number of hydrogen-bond donors (Lipinski definition) is 6. The van der Waals surface area contributed by atoms with E-state index in [0.717, 1.165) is 6.42 Å². The van der Waals surface area contributed by atoms with Crippen LogP contribution in [0.1, 0.15) is 42.9 Å². The second-order valence-corrected chi connectivity index (χ2v) is 11.5. The van der Waals surface area contributed by atoms with Gasteiger partial charge in [0.25, 0.3) is 5.91 Å². The number of aliphatic hydroxyl groups excluding tert-OH is 2. The fourth-order valence-electron chi connectivity index (χ4n) is 6.41. The van der Waals surface area contributed by atoms with Gasteiger partial charge >= 0.3 is 6.09 Å². The summed E-state index contributed by atoms with van der Waals surface area (Å²) < 4.78 is 5.11. The molecule has 7 N–H and O–H groups in total. The highest BCUT2D eigenvalue weighted by Gasteiger charge is 2.64. The highest BCUT2D eigenvalue weighted by Crippen LogP contribution is 2.54. The second-order valence-electron chi connectivity index (χ2n) is 11.5. The quantitative estimate of drug-likeness (QED) is 0.188. The number of Topliss-reactive ketones (excluding diaryl/α,β-unsaturated/α-hetero) is 2. The van der Waals surface area contributed by atoms with Gasteiger partial charge in [0.15, 0.2) is 11.4 Å². The Morgan fingerprint density at radius 2 is 1.83 bits per heavy atom. The Kier molecular flexibility index (Phi) is 8.29. The number of ketones is 2. The number of aromatic hydroxyl groups is 1. The fraction of sp³-hybridized carbons (Fsp3) is 0.517. The Bertz CT molecular complexity index is 1410. The van der Waals surface area contributed by atoms with Crippen LogP contribution in [0.4, 0.5) is 10.5 Å². The minimum absolute atomic E-state index is 0.00764. The van der Waals surface area contributed by atoms with Crippen molar-refractivity contribution in [1.29, 1.82) is 0 Å². The van der Waals surface area contributed by atoms with Gasteiger partial charge in [-0.3, -0.25) is 19.3 Å². The Morgan fingerprint density at radius 1 is 1.17 bits per heavy atom.